The fraction of sp³-hybridized carbons (Fsp3) is 0.562. The molecule has 3 rings (SSSR count). The molecule has 2 atom stereocenters. The fourth-order valence-corrected chi connectivity index (χ4v) is 2.94. The van der Waals surface area contributed by atoms with E-state index in [0.29, 0.717) is 25.5 Å². The van der Waals surface area contributed by atoms with Gasteiger partial charge in [-0.15, -0.1) is 0 Å². The first-order valence-corrected chi connectivity index (χ1v) is 7.67. The van der Waals surface area contributed by atoms with Gasteiger partial charge in [0, 0.05) is 24.8 Å². The van der Waals surface area contributed by atoms with Gasteiger partial charge in [-0.05, 0) is 26.0 Å². The lowest BCUT2D eigenvalue weighted by Gasteiger charge is -2.34. The molecule has 2 aliphatic heterocycles. The molecule has 1 amide bonds. The normalized spacial score (nSPS) is 24.8. The Hall–Kier alpha value is -1.79. The van der Waals surface area contributed by atoms with Crippen LogP contribution in [0.5, 0.6) is 11.5 Å². The van der Waals surface area contributed by atoms with Crippen LogP contribution in [-0.4, -0.2) is 55.9 Å². The quantitative estimate of drug-likeness (QED) is 0.917. The first kappa shape index (κ1) is 15.1. The van der Waals surface area contributed by atoms with E-state index in [4.69, 9.17) is 14.2 Å². The minimum Gasteiger partial charge on any atom is -0.486 e. The van der Waals surface area contributed by atoms with Gasteiger partial charge in [-0.1, -0.05) is 0 Å². The minimum absolute atomic E-state index is 0.0297. The van der Waals surface area contributed by atoms with Crippen molar-refractivity contribution < 1.29 is 19.0 Å². The smallest absolute Gasteiger partial charge is 0.238 e. The fourth-order valence-electron chi connectivity index (χ4n) is 2.94. The van der Waals surface area contributed by atoms with Gasteiger partial charge in [-0.3, -0.25) is 9.69 Å². The lowest BCUT2D eigenvalue weighted by Crippen LogP contribution is -2.48. The number of anilines is 1. The van der Waals surface area contributed by atoms with Gasteiger partial charge in [0.25, 0.3) is 0 Å². The van der Waals surface area contributed by atoms with E-state index in [9.17, 15) is 4.79 Å². The van der Waals surface area contributed by atoms with Crippen molar-refractivity contribution in [2.24, 2.45) is 0 Å². The van der Waals surface area contributed by atoms with Crippen LogP contribution in [0.3, 0.4) is 0 Å². The molecule has 0 aliphatic carbocycles. The van der Waals surface area contributed by atoms with Crippen molar-refractivity contribution in [3.8, 4) is 11.5 Å². The Morgan fingerprint density at radius 2 is 1.86 bits per heavy atom. The SMILES string of the molecule is C[C@H]1CN(CC(=O)Nc2ccc3c(c2)OCCO3)C[C@H](C)O1. The van der Waals surface area contributed by atoms with Gasteiger partial charge in [-0.2, -0.15) is 0 Å². The van der Waals surface area contributed by atoms with Crippen LogP contribution in [0.1, 0.15) is 13.8 Å². The predicted octanol–water partition coefficient (Wildman–Crippen LogP) is 1.51. The molecule has 6 nitrogen and oxygen atoms in total. The van der Waals surface area contributed by atoms with Crippen molar-refractivity contribution in [2.75, 3.05) is 38.2 Å². The zero-order chi connectivity index (χ0) is 15.5. The molecule has 0 unspecified atom stereocenters. The Labute approximate surface area is 130 Å². The summed E-state index contributed by atoms with van der Waals surface area (Å²) in [5, 5.41) is 2.91. The van der Waals surface area contributed by atoms with Crippen molar-refractivity contribution in [1.29, 1.82) is 0 Å². The Morgan fingerprint density at radius 1 is 1.18 bits per heavy atom. The number of morpholine rings is 1. The van der Waals surface area contributed by atoms with Gasteiger partial charge in [-0.25, -0.2) is 0 Å². The van der Waals surface area contributed by atoms with E-state index in [2.05, 4.69) is 10.2 Å². The molecule has 1 fully saturated rings. The highest BCUT2D eigenvalue weighted by Crippen LogP contribution is 2.32. The monoisotopic (exact) mass is 306 g/mol. The molecule has 0 saturated carbocycles. The highest BCUT2D eigenvalue weighted by molar-refractivity contribution is 5.92. The third-order valence-electron chi connectivity index (χ3n) is 3.69. The van der Waals surface area contributed by atoms with Crippen molar-refractivity contribution in [1.82, 2.24) is 4.90 Å². The number of carbonyl (C=O) groups is 1. The van der Waals surface area contributed by atoms with E-state index in [1.165, 1.54) is 0 Å². The van der Waals surface area contributed by atoms with Crippen molar-refractivity contribution >= 4 is 11.6 Å². The molecule has 6 heteroatoms. The van der Waals surface area contributed by atoms with E-state index < -0.39 is 0 Å². The topological polar surface area (TPSA) is 60.0 Å². The number of nitrogens with zero attached hydrogens (tertiary/aromatic N) is 1. The second kappa shape index (κ2) is 6.54. The number of nitrogens with one attached hydrogen (secondary N) is 1. The lowest BCUT2D eigenvalue weighted by molar-refractivity contribution is -0.121. The predicted molar refractivity (Wildman–Crippen MR) is 82.5 cm³/mol. The van der Waals surface area contributed by atoms with Gasteiger partial charge in [0.05, 0.1) is 18.8 Å². The van der Waals surface area contributed by atoms with E-state index >= 15 is 0 Å². The summed E-state index contributed by atoms with van der Waals surface area (Å²) in [6.45, 7) is 7.08. The molecule has 22 heavy (non-hydrogen) atoms. The summed E-state index contributed by atoms with van der Waals surface area (Å²) in [5.74, 6) is 1.37. The van der Waals surface area contributed by atoms with E-state index in [1.54, 1.807) is 6.07 Å². The van der Waals surface area contributed by atoms with Crippen LogP contribution < -0.4 is 14.8 Å². The highest BCUT2D eigenvalue weighted by atomic mass is 16.6. The van der Waals surface area contributed by atoms with Crippen LogP contribution in [0.15, 0.2) is 18.2 Å². The zero-order valence-corrected chi connectivity index (χ0v) is 13.0. The van der Waals surface area contributed by atoms with Crippen LogP contribution in [0.25, 0.3) is 0 Å². The number of amides is 1. The Kier molecular flexibility index (Phi) is 4.49. The highest BCUT2D eigenvalue weighted by Gasteiger charge is 2.23. The second-order valence-corrected chi connectivity index (χ2v) is 5.86. The number of rotatable bonds is 3. The number of carbonyl (C=O) groups excluding carboxylic acids is 1. The van der Waals surface area contributed by atoms with E-state index in [-0.39, 0.29) is 18.1 Å². The molecule has 0 radical (unpaired) electrons. The number of hydrogen-bond donors (Lipinski definition) is 1. The summed E-state index contributed by atoms with van der Waals surface area (Å²) in [7, 11) is 0. The van der Waals surface area contributed by atoms with E-state index in [0.717, 1.165) is 24.5 Å². The molecular formula is C16H22N2O4. The number of fused-ring (bicyclic) bond motifs is 1. The molecule has 1 aromatic rings. The molecular weight excluding hydrogens is 284 g/mol. The summed E-state index contributed by atoms with van der Waals surface area (Å²) in [6, 6.07) is 5.45. The van der Waals surface area contributed by atoms with Crippen LogP contribution >= 0.6 is 0 Å². The molecule has 0 bridgehead atoms. The van der Waals surface area contributed by atoms with Crippen molar-refractivity contribution in [3.05, 3.63) is 18.2 Å². The third-order valence-corrected chi connectivity index (χ3v) is 3.69. The summed E-state index contributed by atoms with van der Waals surface area (Å²) in [4.78, 5) is 14.3. The first-order chi connectivity index (χ1) is 10.6. The Balaban J connectivity index is 1.57. The molecule has 2 heterocycles. The summed E-state index contributed by atoms with van der Waals surface area (Å²) in [6.07, 6.45) is 0.316. The van der Waals surface area contributed by atoms with Crippen LogP contribution in [-0.2, 0) is 9.53 Å². The maximum atomic E-state index is 12.2. The van der Waals surface area contributed by atoms with Crippen molar-refractivity contribution in [2.45, 2.75) is 26.1 Å². The molecule has 0 spiro atoms. The Bertz CT molecular complexity index is 539. The van der Waals surface area contributed by atoms with Crippen molar-refractivity contribution in [3.63, 3.8) is 0 Å². The molecule has 0 aromatic heterocycles. The molecule has 1 aromatic carbocycles. The second-order valence-electron chi connectivity index (χ2n) is 5.86. The van der Waals surface area contributed by atoms with E-state index in [1.807, 2.05) is 26.0 Å². The number of hydrogen-bond acceptors (Lipinski definition) is 5. The molecule has 1 saturated heterocycles. The lowest BCUT2D eigenvalue weighted by atomic mass is 10.2. The molecule has 1 N–H and O–H groups in total. The Morgan fingerprint density at radius 3 is 2.59 bits per heavy atom. The van der Waals surface area contributed by atoms with Crippen LogP contribution in [0.4, 0.5) is 5.69 Å². The molecule has 2 aliphatic rings. The van der Waals surface area contributed by atoms with Gasteiger partial charge in [0.2, 0.25) is 5.91 Å². The average molecular weight is 306 g/mol. The third kappa shape index (κ3) is 3.69. The van der Waals surface area contributed by atoms with Gasteiger partial charge in [0.15, 0.2) is 11.5 Å². The summed E-state index contributed by atoms with van der Waals surface area (Å²) < 4.78 is 16.7. The first-order valence-electron chi connectivity index (χ1n) is 7.67. The number of benzene rings is 1. The standard InChI is InChI=1S/C16H22N2O4/c1-11-8-18(9-12(2)22-11)10-16(19)17-13-3-4-14-15(7-13)21-6-5-20-14/h3-4,7,11-12H,5-6,8-10H2,1-2H3,(H,17,19)/t11-,12-/m0/s1. The molecule has 120 valence electrons. The maximum Gasteiger partial charge on any atom is 0.238 e. The van der Waals surface area contributed by atoms with Crippen LogP contribution in [0.2, 0.25) is 0 Å². The minimum atomic E-state index is -0.0297. The zero-order valence-electron chi connectivity index (χ0n) is 13.0. The maximum absolute atomic E-state index is 12.2. The largest absolute Gasteiger partial charge is 0.486 e. The van der Waals surface area contributed by atoms with Crippen LogP contribution in [0, 0.1) is 0 Å². The number of ether oxygens (including phenoxy) is 3. The van der Waals surface area contributed by atoms with Gasteiger partial charge in [0.1, 0.15) is 13.2 Å². The van der Waals surface area contributed by atoms with Gasteiger partial charge >= 0.3 is 0 Å². The summed E-state index contributed by atoms with van der Waals surface area (Å²) in [5.41, 5.74) is 0.726. The average Bonchev–Trinajstić information content (AvgIpc) is 2.45. The van der Waals surface area contributed by atoms with Gasteiger partial charge < -0.3 is 19.5 Å². The summed E-state index contributed by atoms with van der Waals surface area (Å²) >= 11 is 0.